The van der Waals surface area contributed by atoms with Gasteiger partial charge < -0.3 is 5.11 Å². The number of carboxylic acid groups (broad SMARTS) is 1. The second-order valence-electron chi connectivity index (χ2n) is 2.65. The highest BCUT2D eigenvalue weighted by atomic mass is 79.9. The van der Waals surface area contributed by atoms with Gasteiger partial charge >= 0.3 is 5.97 Å². The first-order chi connectivity index (χ1) is 6.59. The molecule has 0 aliphatic carbocycles. The molecular weight excluding hydrogens is 255 g/mol. The van der Waals surface area contributed by atoms with Crippen LogP contribution in [-0.4, -0.2) is 20.5 Å². The molecule has 0 aliphatic rings. The largest absolute Gasteiger partial charge is 0.475 e. The molecule has 0 bridgehead atoms. The Kier molecular flexibility index (Phi) is 1.99. The number of nitrogens with zero attached hydrogens (tertiary/aromatic N) is 2. The number of carbonyl (C=O) groups is 1. The van der Waals surface area contributed by atoms with Gasteiger partial charge in [0.05, 0.1) is 6.20 Å². The van der Waals surface area contributed by atoms with Gasteiger partial charge in [-0.2, -0.15) is 0 Å². The van der Waals surface area contributed by atoms with E-state index < -0.39 is 11.8 Å². The summed E-state index contributed by atoms with van der Waals surface area (Å²) in [6.07, 6.45) is 2.64. The van der Waals surface area contributed by atoms with E-state index >= 15 is 0 Å². The van der Waals surface area contributed by atoms with Gasteiger partial charge in [0.1, 0.15) is 11.3 Å². The molecular formula is C8H4BrFN2O2. The minimum absolute atomic E-state index is 0.144. The summed E-state index contributed by atoms with van der Waals surface area (Å²) in [7, 11) is 0. The molecule has 0 spiro atoms. The molecule has 2 heterocycles. The van der Waals surface area contributed by atoms with Gasteiger partial charge in [0.15, 0.2) is 0 Å². The molecule has 6 heteroatoms. The molecule has 72 valence electrons. The zero-order chi connectivity index (χ0) is 10.3. The van der Waals surface area contributed by atoms with Gasteiger partial charge in [0.2, 0.25) is 5.82 Å². The van der Waals surface area contributed by atoms with Gasteiger partial charge in [0.25, 0.3) is 0 Å². The van der Waals surface area contributed by atoms with E-state index in [1.54, 1.807) is 0 Å². The highest BCUT2D eigenvalue weighted by Crippen LogP contribution is 2.17. The summed E-state index contributed by atoms with van der Waals surface area (Å²) in [5, 5.41) is 8.73. The fraction of sp³-hybridized carbons (Fsp3) is 0. The Morgan fingerprint density at radius 2 is 2.36 bits per heavy atom. The van der Waals surface area contributed by atoms with Crippen LogP contribution in [-0.2, 0) is 0 Å². The predicted molar refractivity (Wildman–Crippen MR) is 49.8 cm³/mol. The maximum Gasteiger partial charge on any atom is 0.372 e. The number of hydrogen-bond acceptors (Lipinski definition) is 2. The molecule has 0 fully saturated rings. The van der Waals surface area contributed by atoms with Gasteiger partial charge in [-0.3, -0.25) is 4.40 Å². The SMILES string of the molecule is O=C(O)c1ncc2c(F)cc(Br)cn12. The highest BCUT2D eigenvalue weighted by Gasteiger charge is 2.13. The number of carboxylic acids is 1. The van der Waals surface area contributed by atoms with Crippen molar-refractivity contribution in [3.8, 4) is 0 Å². The molecule has 0 saturated carbocycles. The normalized spacial score (nSPS) is 10.7. The number of aromatic carboxylic acids is 1. The Bertz CT molecular complexity index is 523. The highest BCUT2D eigenvalue weighted by molar-refractivity contribution is 9.10. The van der Waals surface area contributed by atoms with Crippen LogP contribution in [0.25, 0.3) is 5.52 Å². The molecule has 14 heavy (non-hydrogen) atoms. The summed E-state index contributed by atoms with van der Waals surface area (Å²) in [5.74, 6) is -1.91. The number of fused-ring (bicyclic) bond motifs is 1. The van der Waals surface area contributed by atoms with E-state index in [4.69, 9.17) is 5.11 Å². The van der Waals surface area contributed by atoms with Crippen LogP contribution in [0.4, 0.5) is 4.39 Å². The van der Waals surface area contributed by atoms with Crippen LogP contribution in [0.1, 0.15) is 10.6 Å². The summed E-state index contributed by atoms with van der Waals surface area (Å²) in [6, 6.07) is 1.25. The topological polar surface area (TPSA) is 54.6 Å². The molecule has 0 atom stereocenters. The first-order valence-corrected chi connectivity index (χ1v) is 4.44. The van der Waals surface area contributed by atoms with Crippen molar-refractivity contribution in [2.75, 3.05) is 0 Å². The van der Waals surface area contributed by atoms with E-state index in [-0.39, 0.29) is 11.3 Å². The lowest BCUT2D eigenvalue weighted by molar-refractivity contribution is 0.0683. The van der Waals surface area contributed by atoms with E-state index in [1.807, 2.05) is 0 Å². The number of halogens is 2. The lowest BCUT2D eigenvalue weighted by Crippen LogP contribution is -2.03. The van der Waals surface area contributed by atoms with Crippen LogP contribution < -0.4 is 0 Å². The Morgan fingerprint density at radius 3 is 3.00 bits per heavy atom. The first kappa shape index (κ1) is 9.14. The third kappa shape index (κ3) is 1.27. The first-order valence-electron chi connectivity index (χ1n) is 3.65. The van der Waals surface area contributed by atoms with Crippen molar-refractivity contribution in [2.24, 2.45) is 0 Å². The van der Waals surface area contributed by atoms with Crippen molar-refractivity contribution in [3.63, 3.8) is 0 Å². The standard InChI is InChI=1S/C8H4BrFN2O2/c9-4-1-5(10)6-2-11-7(8(13)14)12(6)3-4/h1-3H,(H,13,14). The van der Waals surface area contributed by atoms with E-state index in [2.05, 4.69) is 20.9 Å². The molecule has 0 aromatic carbocycles. The molecule has 0 unspecified atom stereocenters. The second kappa shape index (κ2) is 3.06. The van der Waals surface area contributed by atoms with Gasteiger partial charge in [0, 0.05) is 10.7 Å². The molecule has 0 radical (unpaired) electrons. The summed E-state index contributed by atoms with van der Waals surface area (Å²) in [4.78, 5) is 14.3. The van der Waals surface area contributed by atoms with E-state index in [1.165, 1.54) is 22.9 Å². The third-order valence-corrected chi connectivity index (χ3v) is 2.18. The quantitative estimate of drug-likeness (QED) is 0.851. The second-order valence-corrected chi connectivity index (χ2v) is 3.56. The molecule has 2 aromatic heterocycles. The van der Waals surface area contributed by atoms with Crippen molar-refractivity contribution in [2.45, 2.75) is 0 Å². The van der Waals surface area contributed by atoms with Crippen LogP contribution in [0.3, 0.4) is 0 Å². The molecule has 0 amide bonds. The molecule has 0 saturated heterocycles. The van der Waals surface area contributed by atoms with Crippen molar-refractivity contribution >= 4 is 27.4 Å². The van der Waals surface area contributed by atoms with Gasteiger partial charge in [-0.15, -0.1) is 0 Å². The number of hydrogen-bond donors (Lipinski definition) is 1. The molecule has 2 rings (SSSR count). The lowest BCUT2D eigenvalue weighted by atomic mass is 10.4. The van der Waals surface area contributed by atoms with Crippen LogP contribution >= 0.6 is 15.9 Å². The van der Waals surface area contributed by atoms with Crippen molar-refractivity contribution in [3.05, 3.63) is 34.6 Å². The number of aromatic nitrogens is 2. The van der Waals surface area contributed by atoms with Crippen LogP contribution in [0.15, 0.2) is 22.9 Å². The number of imidazole rings is 1. The van der Waals surface area contributed by atoms with Crippen molar-refractivity contribution in [1.82, 2.24) is 9.38 Å². The minimum atomic E-state index is -1.19. The van der Waals surface area contributed by atoms with E-state index in [0.29, 0.717) is 4.47 Å². The van der Waals surface area contributed by atoms with E-state index in [9.17, 15) is 9.18 Å². The Morgan fingerprint density at radius 1 is 1.64 bits per heavy atom. The van der Waals surface area contributed by atoms with Gasteiger partial charge in [-0.05, 0) is 22.0 Å². The fourth-order valence-electron chi connectivity index (χ4n) is 1.18. The molecule has 0 aliphatic heterocycles. The summed E-state index contributed by atoms with van der Waals surface area (Å²) < 4.78 is 14.9. The molecule has 2 aromatic rings. The smallest absolute Gasteiger partial charge is 0.372 e. The Hall–Kier alpha value is -1.43. The monoisotopic (exact) mass is 258 g/mol. The van der Waals surface area contributed by atoms with Crippen molar-refractivity contribution in [1.29, 1.82) is 0 Å². The van der Waals surface area contributed by atoms with E-state index in [0.717, 1.165) is 0 Å². The van der Waals surface area contributed by atoms with Gasteiger partial charge in [-0.1, -0.05) is 0 Å². The summed E-state index contributed by atoms with van der Waals surface area (Å²) in [6.45, 7) is 0. The maximum atomic E-state index is 13.2. The van der Waals surface area contributed by atoms with Crippen LogP contribution in [0, 0.1) is 5.82 Å². The Balaban J connectivity index is 2.85. The van der Waals surface area contributed by atoms with Gasteiger partial charge in [-0.25, -0.2) is 14.2 Å². The predicted octanol–water partition coefficient (Wildman–Crippen LogP) is 1.93. The van der Waals surface area contributed by atoms with Crippen molar-refractivity contribution < 1.29 is 14.3 Å². The van der Waals surface area contributed by atoms with Crippen LogP contribution in [0.2, 0.25) is 0 Å². The average Bonchev–Trinajstić information content (AvgIpc) is 2.47. The fourth-order valence-corrected chi connectivity index (χ4v) is 1.59. The summed E-state index contributed by atoms with van der Waals surface area (Å²) in [5.41, 5.74) is 0.144. The zero-order valence-electron chi connectivity index (χ0n) is 6.74. The minimum Gasteiger partial charge on any atom is -0.475 e. The Labute approximate surface area is 86.1 Å². The molecule has 1 N–H and O–H groups in total. The van der Waals surface area contributed by atoms with Crippen LogP contribution in [0.5, 0.6) is 0 Å². The third-order valence-electron chi connectivity index (χ3n) is 1.75. The zero-order valence-corrected chi connectivity index (χ0v) is 8.32. The lowest BCUT2D eigenvalue weighted by Gasteiger charge is -1.98. The number of pyridine rings is 1. The maximum absolute atomic E-state index is 13.2. The average molecular weight is 259 g/mol. The summed E-state index contributed by atoms with van der Waals surface area (Å²) >= 11 is 3.07. The molecule has 4 nitrogen and oxygen atoms in total. The number of rotatable bonds is 1.